The van der Waals surface area contributed by atoms with E-state index in [1.807, 2.05) is 4.90 Å². The van der Waals surface area contributed by atoms with E-state index in [-0.39, 0.29) is 12.5 Å². The van der Waals surface area contributed by atoms with Gasteiger partial charge in [-0.1, -0.05) is 0 Å². The first kappa shape index (κ1) is 17.4. The van der Waals surface area contributed by atoms with Gasteiger partial charge in [-0.05, 0) is 25.8 Å². The molecule has 0 radical (unpaired) electrons. The Morgan fingerprint density at radius 2 is 1.87 bits per heavy atom. The van der Waals surface area contributed by atoms with Crippen LogP contribution in [0.1, 0.15) is 25.0 Å². The first-order chi connectivity index (χ1) is 11.1. The van der Waals surface area contributed by atoms with Crippen molar-refractivity contribution in [3.8, 4) is 0 Å². The number of carbonyl (C=O) groups excluding carboxylic acids is 1. The lowest BCUT2D eigenvalue weighted by molar-refractivity contribution is -0.132. The number of nitrogens with zero attached hydrogens (tertiary/aromatic N) is 2. The van der Waals surface area contributed by atoms with Gasteiger partial charge in [0, 0.05) is 51.0 Å². The molecule has 0 spiro atoms. The van der Waals surface area contributed by atoms with Gasteiger partial charge in [-0.25, -0.2) is 0 Å². The lowest BCUT2D eigenvalue weighted by Crippen LogP contribution is -2.48. The lowest BCUT2D eigenvalue weighted by atomic mass is 10.2. The monoisotopic (exact) mass is 324 g/mol. The fourth-order valence-corrected chi connectivity index (χ4v) is 2.66. The zero-order valence-electron chi connectivity index (χ0n) is 13.2. The van der Waals surface area contributed by atoms with Crippen molar-refractivity contribution in [2.45, 2.75) is 25.7 Å². The highest BCUT2D eigenvalue weighted by molar-refractivity contribution is 5.76. The Hall–Kier alpha value is -1.93. The predicted molar refractivity (Wildman–Crippen MR) is 85.3 cm³/mol. The summed E-state index contributed by atoms with van der Waals surface area (Å²) >= 11 is 0. The molecule has 128 valence electrons. The minimum atomic E-state index is -0.683. The summed E-state index contributed by atoms with van der Waals surface area (Å²) < 4.78 is 0. The molecule has 0 bridgehead atoms. The number of hydrogen-bond donors (Lipinski definition) is 3. The van der Waals surface area contributed by atoms with Crippen molar-refractivity contribution in [2.75, 3.05) is 39.3 Å². The summed E-state index contributed by atoms with van der Waals surface area (Å²) in [5, 5.41) is 13.7. The van der Waals surface area contributed by atoms with E-state index in [1.54, 1.807) is 0 Å². The quantitative estimate of drug-likeness (QED) is 0.436. The van der Waals surface area contributed by atoms with Crippen molar-refractivity contribution in [2.24, 2.45) is 0 Å². The van der Waals surface area contributed by atoms with Crippen molar-refractivity contribution in [3.05, 3.63) is 32.3 Å². The molecule has 1 aromatic heterocycles. The first-order valence-corrected chi connectivity index (χ1v) is 8.02. The second kappa shape index (κ2) is 8.64. The van der Waals surface area contributed by atoms with Gasteiger partial charge in [0.15, 0.2) is 0 Å². The Morgan fingerprint density at radius 3 is 2.52 bits per heavy atom. The van der Waals surface area contributed by atoms with Crippen LogP contribution in [0.4, 0.5) is 0 Å². The minimum Gasteiger partial charge on any atom is -0.396 e. The van der Waals surface area contributed by atoms with E-state index in [9.17, 15) is 14.4 Å². The number of carbonyl (C=O) groups is 1. The number of H-pyrrole nitrogens is 2. The van der Waals surface area contributed by atoms with Crippen LogP contribution >= 0.6 is 0 Å². The first-order valence-electron chi connectivity index (χ1n) is 8.02. The number of nitrogens with one attached hydrogen (secondary N) is 2. The molecule has 0 unspecified atom stereocenters. The van der Waals surface area contributed by atoms with E-state index in [4.69, 9.17) is 5.11 Å². The van der Waals surface area contributed by atoms with Gasteiger partial charge < -0.3 is 15.1 Å². The molecule has 8 heteroatoms. The maximum atomic E-state index is 12.2. The Labute approximate surface area is 134 Å². The lowest BCUT2D eigenvalue weighted by Gasteiger charge is -2.34. The molecular formula is C15H24N4O4. The number of aromatic nitrogens is 2. The molecule has 1 aliphatic rings. The Morgan fingerprint density at radius 1 is 1.13 bits per heavy atom. The van der Waals surface area contributed by atoms with Crippen LogP contribution in [0.15, 0.2) is 15.7 Å². The summed E-state index contributed by atoms with van der Waals surface area (Å²) in [6.07, 6.45) is 2.51. The Kier molecular flexibility index (Phi) is 6.54. The van der Waals surface area contributed by atoms with E-state index >= 15 is 0 Å². The molecule has 1 aliphatic heterocycles. The minimum absolute atomic E-state index is 0.0621. The topological polar surface area (TPSA) is 109 Å². The van der Waals surface area contributed by atoms with E-state index in [2.05, 4.69) is 15.1 Å². The predicted octanol–water partition coefficient (Wildman–Crippen LogP) is -1.09. The number of rotatable bonds is 7. The van der Waals surface area contributed by atoms with Crippen LogP contribution in [0.2, 0.25) is 0 Å². The number of aliphatic hydroxyl groups excluding tert-OH is 1. The standard InChI is InChI=1S/C15H24N4O4/c20-10-2-1-5-18-6-8-19(9-7-18)14(22)4-3-12-11-13(21)15(23)17-16-12/h11,20H,1-10H2,(H,16,21)(H,17,23). The number of aryl methyl sites for hydroxylation is 1. The summed E-state index contributed by atoms with van der Waals surface area (Å²) in [6.45, 7) is 4.31. The average molecular weight is 324 g/mol. The molecule has 1 amide bonds. The van der Waals surface area contributed by atoms with Gasteiger partial charge >= 0.3 is 5.56 Å². The number of piperazine rings is 1. The molecule has 1 fully saturated rings. The number of amides is 1. The van der Waals surface area contributed by atoms with Crippen molar-refractivity contribution < 1.29 is 9.90 Å². The van der Waals surface area contributed by atoms with Crippen molar-refractivity contribution in [1.82, 2.24) is 20.0 Å². The van der Waals surface area contributed by atoms with Gasteiger partial charge in [-0.15, -0.1) is 0 Å². The van der Waals surface area contributed by atoms with E-state index in [0.29, 0.717) is 31.6 Å². The Bertz CT molecular complexity index is 616. The summed E-state index contributed by atoms with van der Waals surface area (Å²) in [7, 11) is 0. The number of aromatic amines is 2. The fourth-order valence-electron chi connectivity index (χ4n) is 2.66. The second-order valence-corrected chi connectivity index (χ2v) is 5.77. The van der Waals surface area contributed by atoms with Crippen molar-refractivity contribution in [3.63, 3.8) is 0 Å². The molecule has 3 N–H and O–H groups in total. The van der Waals surface area contributed by atoms with Crippen LogP contribution < -0.4 is 11.0 Å². The van der Waals surface area contributed by atoms with Gasteiger partial charge in [0.1, 0.15) is 0 Å². The third kappa shape index (κ3) is 5.33. The molecule has 0 aromatic carbocycles. The number of hydrogen-bond acceptors (Lipinski definition) is 5. The molecular weight excluding hydrogens is 300 g/mol. The molecule has 2 rings (SSSR count). The van der Waals surface area contributed by atoms with Gasteiger partial charge in [0.05, 0.1) is 0 Å². The fraction of sp³-hybridized carbons (Fsp3) is 0.667. The van der Waals surface area contributed by atoms with Gasteiger partial charge in [0.25, 0.3) is 0 Å². The van der Waals surface area contributed by atoms with E-state index in [0.717, 1.165) is 32.5 Å². The molecule has 0 aliphatic carbocycles. The summed E-state index contributed by atoms with van der Waals surface area (Å²) in [4.78, 5) is 38.6. The summed E-state index contributed by atoms with van der Waals surface area (Å²) in [5.41, 5.74) is -0.717. The third-order valence-electron chi connectivity index (χ3n) is 4.08. The molecule has 2 heterocycles. The highest BCUT2D eigenvalue weighted by Gasteiger charge is 2.20. The van der Waals surface area contributed by atoms with Crippen LogP contribution in [-0.2, 0) is 11.2 Å². The van der Waals surface area contributed by atoms with Crippen LogP contribution in [0.5, 0.6) is 0 Å². The van der Waals surface area contributed by atoms with E-state index in [1.165, 1.54) is 6.07 Å². The summed E-state index contributed by atoms with van der Waals surface area (Å²) in [5.74, 6) is 0.0621. The molecule has 1 saturated heterocycles. The van der Waals surface area contributed by atoms with Crippen LogP contribution in [0.3, 0.4) is 0 Å². The maximum absolute atomic E-state index is 12.2. The van der Waals surface area contributed by atoms with Crippen molar-refractivity contribution in [1.29, 1.82) is 0 Å². The normalized spacial score (nSPS) is 15.8. The molecule has 0 saturated carbocycles. The maximum Gasteiger partial charge on any atom is 0.310 e. The highest BCUT2D eigenvalue weighted by atomic mass is 16.3. The molecule has 1 aromatic rings. The third-order valence-corrected chi connectivity index (χ3v) is 4.08. The van der Waals surface area contributed by atoms with Crippen LogP contribution in [0.25, 0.3) is 0 Å². The Balaban J connectivity index is 1.73. The average Bonchev–Trinajstić information content (AvgIpc) is 2.56. The largest absolute Gasteiger partial charge is 0.396 e. The van der Waals surface area contributed by atoms with Crippen LogP contribution in [-0.4, -0.2) is 70.3 Å². The molecule has 23 heavy (non-hydrogen) atoms. The highest BCUT2D eigenvalue weighted by Crippen LogP contribution is 2.06. The zero-order valence-corrected chi connectivity index (χ0v) is 13.2. The SMILES string of the molecule is O=C(CCc1cc(=O)c(=O)[nH][nH]1)N1CCN(CCCCO)CC1. The van der Waals surface area contributed by atoms with Gasteiger partial charge in [-0.2, -0.15) is 0 Å². The second-order valence-electron chi connectivity index (χ2n) is 5.77. The van der Waals surface area contributed by atoms with Gasteiger partial charge in [-0.3, -0.25) is 24.4 Å². The number of aliphatic hydroxyl groups is 1. The smallest absolute Gasteiger partial charge is 0.310 e. The molecule has 0 atom stereocenters. The van der Waals surface area contributed by atoms with Crippen molar-refractivity contribution >= 4 is 5.91 Å². The van der Waals surface area contributed by atoms with Crippen LogP contribution in [0, 0.1) is 0 Å². The van der Waals surface area contributed by atoms with E-state index < -0.39 is 11.0 Å². The van der Waals surface area contributed by atoms with Gasteiger partial charge in [0.2, 0.25) is 11.3 Å². The summed E-state index contributed by atoms with van der Waals surface area (Å²) in [6, 6.07) is 1.24. The zero-order chi connectivity index (χ0) is 16.7. The number of unbranched alkanes of at least 4 members (excludes halogenated alkanes) is 1. The molecule has 8 nitrogen and oxygen atoms in total.